The molecule has 0 radical (unpaired) electrons. The summed E-state index contributed by atoms with van der Waals surface area (Å²) in [6.07, 6.45) is 3.56. The number of nitrogens with one attached hydrogen (secondary N) is 1. The molecule has 0 aliphatic heterocycles. The van der Waals surface area contributed by atoms with Crippen LogP contribution in [0.5, 0.6) is 0 Å². The Morgan fingerprint density at radius 2 is 2.12 bits per heavy atom. The Morgan fingerprint density at radius 1 is 1.41 bits per heavy atom. The van der Waals surface area contributed by atoms with E-state index in [1.165, 1.54) is 10.5 Å². The van der Waals surface area contributed by atoms with Gasteiger partial charge in [-0.25, -0.2) is 4.79 Å². The van der Waals surface area contributed by atoms with Gasteiger partial charge in [-0.2, -0.15) is 0 Å². The maximum Gasteiger partial charge on any atom is 0.322 e. The highest BCUT2D eigenvalue weighted by molar-refractivity contribution is 5.85. The number of benzene rings is 1. The van der Waals surface area contributed by atoms with Gasteiger partial charge in [0.1, 0.15) is 0 Å². The van der Waals surface area contributed by atoms with Gasteiger partial charge in [-0.3, -0.25) is 9.89 Å². The normalized spacial score (nSPS) is 10.5. The van der Waals surface area contributed by atoms with E-state index in [1.54, 1.807) is 20.4 Å². The van der Waals surface area contributed by atoms with Crippen LogP contribution in [0.1, 0.15) is 12.0 Å². The molecule has 1 N–H and O–H groups in total. The summed E-state index contributed by atoms with van der Waals surface area (Å²) in [5.74, 6) is 0. The molecule has 0 aliphatic carbocycles. The van der Waals surface area contributed by atoms with Crippen molar-refractivity contribution in [3.05, 3.63) is 35.9 Å². The molecule has 4 heteroatoms. The summed E-state index contributed by atoms with van der Waals surface area (Å²) in [6, 6.07) is 10.2. The van der Waals surface area contributed by atoms with Gasteiger partial charge in [-0.1, -0.05) is 30.3 Å². The van der Waals surface area contributed by atoms with Gasteiger partial charge in [-0.05, 0) is 18.4 Å². The van der Waals surface area contributed by atoms with Gasteiger partial charge in [0, 0.05) is 20.6 Å². The minimum absolute atomic E-state index is 0.156. The minimum Gasteiger partial charge on any atom is -0.341 e. The third kappa shape index (κ3) is 5.15. The van der Waals surface area contributed by atoms with Gasteiger partial charge < -0.3 is 5.32 Å². The van der Waals surface area contributed by atoms with E-state index in [0.29, 0.717) is 0 Å². The lowest BCUT2D eigenvalue weighted by Gasteiger charge is -2.09. The summed E-state index contributed by atoms with van der Waals surface area (Å²) in [7, 11) is 3.28. The van der Waals surface area contributed by atoms with Crippen LogP contribution in [-0.4, -0.2) is 37.9 Å². The average molecular weight is 233 g/mol. The summed E-state index contributed by atoms with van der Waals surface area (Å²) in [5, 5.41) is 2.53. The molecule has 1 aromatic rings. The zero-order valence-electron chi connectivity index (χ0n) is 10.4. The quantitative estimate of drug-likeness (QED) is 0.471. The Labute approximate surface area is 102 Å². The first-order valence-electron chi connectivity index (χ1n) is 5.72. The number of hydrogen-bond donors (Lipinski definition) is 1. The van der Waals surface area contributed by atoms with Crippen LogP contribution in [0.2, 0.25) is 0 Å². The number of amides is 2. The van der Waals surface area contributed by atoms with Crippen LogP contribution in [0.3, 0.4) is 0 Å². The number of urea groups is 1. The molecule has 0 heterocycles. The van der Waals surface area contributed by atoms with E-state index in [0.717, 1.165) is 19.4 Å². The van der Waals surface area contributed by atoms with E-state index in [2.05, 4.69) is 22.4 Å². The zero-order chi connectivity index (χ0) is 12.5. The topological polar surface area (TPSA) is 44.7 Å². The fourth-order valence-electron chi connectivity index (χ4n) is 1.43. The zero-order valence-corrected chi connectivity index (χ0v) is 10.4. The second kappa shape index (κ2) is 7.44. The van der Waals surface area contributed by atoms with Gasteiger partial charge in [0.15, 0.2) is 0 Å². The third-order valence-electron chi connectivity index (χ3n) is 2.38. The fourth-order valence-corrected chi connectivity index (χ4v) is 1.43. The molecule has 0 fully saturated rings. The highest BCUT2D eigenvalue weighted by Crippen LogP contribution is 2.01. The average Bonchev–Trinajstić information content (AvgIpc) is 2.38. The fraction of sp³-hybridized carbons (Fsp3) is 0.385. The van der Waals surface area contributed by atoms with E-state index < -0.39 is 0 Å². The summed E-state index contributed by atoms with van der Waals surface area (Å²) >= 11 is 0. The molecule has 1 rings (SSSR count). The lowest BCUT2D eigenvalue weighted by Crippen LogP contribution is -2.33. The molecule has 1 aromatic carbocycles. The summed E-state index contributed by atoms with van der Waals surface area (Å²) in [5.41, 5.74) is 1.32. The molecule has 0 aromatic heterocycles. The Hall–Kier alpha value is -1.84. The Bertz CT molecular complexity index is 362. The Morgan fingerprint density at radius 3 is 2.76 bits per heavy atom. The first-order chi connectivity index (χ1) is 8.24. The number of aryl methyl sites for hydroxylation is 1. The van der Waals surface area contributed by atoms with E-state index >= 15 is 0 Å². The van der Waals surface area contributed by atoms with Crippen LogP contribution in [-0.2, 0) is 6.42 Å². The van der Waals surface area contributed by atoms with Gasteiger partial charge in [0.05, 0.1) is 6.34 Å². The van der Waals surface area contributed by atoms with Crippen molar-refractivity contribution in [1.82, 2.24) is 10.2 Å². The number of carbonyl (C=O) groups excluding carboxylic acids is 1. The highest BCUT2D eigenvalue weighted by atomic mass is 16.2. The van der Waals surface area contributed by atoms with Crippen molar-refractivity contribution in [3.8, 4) is 0 Å². The van der Waals surface area contributed by atoms with Gasteiger partial charge in [0.25, 0.3) is 0 Å². The molecule has 0 aliphatic rings. The van der Waals surface area contributed by atoms with Crippen molar-refractivity contribution in [2.75, 3.05) is 20.6 Å². The Kier molecular flexibility index (Phi) is 5.79. The van der Waals surface area contributed by atoms with Crippen molar-refractivity contribution in [2.24, 2.45) is 4.99 Å². The van der Waals surface area contributed by atoms with E-state index in [9.17, 15) is 4.79 Å². The van der Waals surface area contributed by atoms with Crippen molar-refractivity contribution >= 4 is 12.4 Å². The van der Waals surface area contributed by atoms with Crippen LogP contribution in [0.25, 0.3) is 0 Å². The third-order valence-corrected chi connectivity index (χ3v) is 2.38. The van der Waals surface area contributed by atoms with Crippen molar-refractivity contribution < 1.29 is 4.79 Å². The largest absolute Gasteiger partial charge is 0.341 e. The molecule has 0 unspecified atom stereocenters. The summed E-state index contributed by atoms with van der Waals surface area (Å²) in [6.45, 7) is 0.732. The summed E-state index contributed by atoms with van der Waals surface area (Å²) in [4.78, 5) is 16.7. The second-order valence-corrected chi connectivity index (χ2v) is 3.78. The number of carbonyl (C=O) groups is 1. The van der Waals surface area contributed by atoms with Crippen LogP contribution >= 0.6 is 0 Å². The molecule has 17 heavy (non-hydrogen) atoms. The predicted molar refractivity (Wildman–Crippen MR) is 70.3 cm³/mol. The smallest absolute Gasteiger partial charge is 0.322 e. The molecular formula is C13H19N3O. The molecule has 0 saturated carbocycles. The minimum atomic E-state index is -0.156. The molecule has 92 valence electrons. The van der Waals surface area contributed by atoms with Gasteiger partial charge in [0.2, 0.25) is 0 Å². The second-order valence-electron chi connectivity index (χ2n) is 3.78. The highest BCUT2D eigenvalue weighted by Gasteiger charge is 2.00. The van der Waals surface area contributed by atoms with Crippen molar-refractivity contribution in [2.45, 2.75) is 12.8 Å². The molecule has 4 nitrogen and oxygen atoms in total. The number of aliphatic imine (C=N–C) groups is 1. The molecule has 0 atom stereocenters. The SMILES string of the molecule is CNC(=O)N(C)C=NCCCc1ccccc1. The first-order valence-corrected chi connectivity index (χ1v) is 5.72. The van der Waals surface area contributed by atoms with E-state index in [1.807, 2.05) is 18.2 Å². The molecule has 0 spiro atoms. The molecule has 0 bridgehead atoms. The summed E-state index contributed by atoms with van der Waals surface area (Å²) < 4.78 is 0. The van der Waals surface area contributed by atoms with Crippen LogP contribution < -0.4 is 5.32 Å². The molecule has 0 saturated heterocycles. The van der Waals surface area contributed by atoms with E-state index in [-0.39, 0.29) is 6.03 Å². The number of rotatable bonds is 5. The standard InChI is InChI=1S/C13H19N3O/c1-14-13(17)16(2)11-15-10-6-9-12-7-4-3-5-8-12/h3-5,7-8,11H,6,9-10H2,1-2H3,(H,14,17). The molecular weight excluding hydrogens is 214 g/mol. The van der Waals surface area contributed by atoms with Gasteiger partial charge in [-0.15, -0.1) is 0 Å². The van der Waals surface area contributed by atoms with E-state index in [4.69, 9.17) is 0 Å². The number of hydrogen-bond acceptors (Lipinski definition) is 2. The lowest BCUT2D eigenvalue weighted by atomic mass is 10.1. The monoisotopic (exact) mass is 233 g/mol. The maximum atomic E-state index is 11.1. The van der Waals surface area contributed by atoms with Crippen LogP contribution in [0.4, 0.5) is 4.79 Å². The van der Waals surface area contributed by atoms with Gasteiger partial charge >= 0.3 is 6.03 Å². The Balaban J connectivity index is 2.20. The number of nitrogens with zero attached hydrogens (tertiary/aromatic N) is 2. The van der Waals surface area contributed by atoms with Crippen LogP contribution in [0.15, 0.2) is 35.3 Å². The lowest BCUT2D eigenvalue weighted by molar-refractivity contribution is 0.229. The molecule has 2 amide bonds. The first kappa shape index (κ1) is 13.2. The maximum absolute atomic E-state index is 11.1. The van der Waals surface area contributed by atoms with Crippen LogP contribution in [0, 0.1) is 0 Å². The predicted octanol–water partition coefficient (Wildman–Crippen LogP) is 1.92. The van der Waals surface area contributed by atoms with Crippen molar-refractivity contribution in [3.63, 3.8) is 0 Å². The van der Waals surface area contributed by atoms with Crippen molar-refractivity contribution in [1.29, 1.82) is 0 Å².